The number of nitrogens with one attached hydrogen (secondary N) is 1. The van der Waals surface area contributed by atoms with E-state index in [0.29, 0.717) is 0 Å². The fourth-order valence-corrected chi connectivity index (χ4v) is 2.71. The molecule has 0 aliphatic carbocycles. The van der Waals surface area contributed by atoms with Gasteiger partial charge in [0.25, 0.3) is 0 Å². The highest BCUT2D eigenvalue weighted by atomic mass is 16.3. The van der Waals surface area contributed by atoms with Crippen LogP contribution in [0.1, 0.15) is 0 Å². The minimum absolute atomic E-state index is 0.239. The average molecular weight is 290 g/mol. The number of phenols is 1. The van der Waals surface area contributed by atoms with Crippen LogP contribution < -0.4 is 0 Å². The van der Waals surface area contributed by atoms with Crippen molar-refractivity contribution in [3.8, 4) is 28.5 Å². The van der Waals surface area contributed by atoms with Crippen LogP contribution in [-0.4, -0.2) is 24.9 Å². The van der Waals surface area contributed by atoms with Gasteiger partial charge < -0.3 is 14.7 Å². The molecular formula is C17H14N4O. The molecule has 2 aromatic heterocycles. The van der Waals surface area contributed by atoms with E-state index in [9.17, 15) is 5.11 Å². The maximum Gasteiger partial charge on any atom is 0.164 e. The molecule has 5 nitrogen and oxygen atoms in total. The molecular weight excluding hydrogens is 276 g/mol. The molecule has 0 atom stereocenters. The molecule has 0 aliphatic rings. The van der Waals surface area contributed by atoms with Crippen LogP contribution in [0.4, 0.5) is 0 Å². The monoisotopic (exact) mass is 290 g/mol. The highest BCUT2D eigenvalue weighted by Crippen LogP contribution is 2.29. The molecule has 0 aliphatic heterocycles. The standard InChI is InChI=1S/C17H14N4O/c1-21-16(11-5-7-12(22)8-6-11)19-20-17(21)14-3-2-4-15-13(14)9-10-18-15/h2-10,18,22H,1H3. The van der Waals surface area contributed by atoms with E-state index in [0.717, 1.165) is 33.7 Å². The molecule has 5 heteroatoms. The first-order valence-electron chi connectivity index (χ1n) is 6.99. The Hall–Kier alpha value is -3.08. The van der Waals surface area contributed by atoms with Gasteiger partial charge in [-0.3, -0.25) is 0 Å². The third kappa shape index (κ3) is 1.87. The third-order valence-electron chi connectivity index (χ3n) is 3.84. The fourth-order valence-electron chi connectivity index (χ4n) is 2.71. The lowest BCUT2D eigenvalue weighted by Gasteiger charge is -2.05. The molecule has 22 heavy (non-hydrogen) atoms. The maximum atomic E-state index is 9.40. The summed E-state index contributed by atoms with van der Waals surface area (Å²) in [7, 11) is 1.95. The zero-order valence-electron chi connectivity index (χ0n) is 12.0. The molecule has 0 radical (unpaired) electrons. The average Bonchev–Trinajstić information content (AvgIpc) is 3.14. The van der Waals surface area contributed by atoms with Crippen molar-refractivity contribution < 1.29 is 5.11 Å². The fraction of sp³-hybridized carbons (Fsp3) is 0.0588. The van der Waals surface area contributed by atoms with Crippen LogP contribution in [0.5, 0.6) is 5.75 Å². The summed E-state index contributed by atoms with van der Waals surface area (Å²) >= 11 is 0. The van der Waals surface area contributed by atoms with Crippen LogP contribution in [0.15, 0.2) is 54.7 Å². The Kier molecular flexibility index (Phi) is 2.72. The van der Waals surface area contributed by atoms with Crippen LogP contribution in [0.3, 0.4) is 0 Å². The Bertz CT molecular complexity index is 950. The molecule has 0 saturated carbocycles. The van der Waals surface area contributed by atoms with E-state index < -0.39 is 0 Å². The number of hydrogen-bond donors (Lipinski definition) is 2. The number of benzene rings is 2. The minimum atomic E-state index is 0.239. The number of fused-ring (bicyclic) bond motifs is 1. The van der Waals surface area contributed by atoms with Gasteiger partial charge in [0.05, 0.1) is 0 Å². The van der Waals surface area contributed by atoms with Crippen molar-refractivity contribution in [3.63, 3.8) is 0 Å². The number of rotatable bonds is 2. The number of phenolic OH excluding ortho intramolecular Hbond substituents is 1. The molecule has 0 unspecified atom stereocenters. The predicted octanol–water partition coefficient (Wildman–Crippen LogP) is 3.34. The zero-order valence-corrected chi connectivity index (χ0v) is 12.0. The summed E-state index contributed by atoms with van der Waals surface area (Å²) < 4.78 is 1.97. The van der Waals surface area contributed by atoms with Crippen LogP contribution in [0.25, 0.3) is 33.7 Å². The van der Waals surface area contributed by atoms with Crippen LogP contribution in [0, 0.1) is 0 Å². The number of nitrogens with zero attached hydrogens (tertiary/aromatic N) is 3. The van der Waals surface area contributed by atoms with E-state index in [-0.39, 0.29) is 5.75 Å². The molecule has 108 valence electrons. The van der Waals surface area contributed by atoms with Gasteiger partial charge in [0, 0.05) is 35.3 Å². The quantitative estimate of drug-likeness (QED) is 0.595. The third-order valence-corrected chi connectivity index (χ3v) is 3.84. The molecule has 2 N–H and O–H groups in total. The lowest BCUT2D eigenvalue weighted by molar-refractivity contribution is 0.475. The van der Waals surface area contributed by atoms with Crippen LogP contribution in [0.2, 0.25) is 0 Å². The highest BCUT2D eigenvalue weighted by molar-refractivity contribution is 5.93. The van der Waals surface area contributed by atoms with Gasteiger partial charge in [0.1, 0.15) is 5.75 Å². The van der Waals surface area contributed by atoms with E-state index in [1.165, 1.54) is 0 Å². The molecule has 0 saturated heterocycles. The van der Waals surface area contributed by atoms with Gasteiger partial charge in [-0.05, 0) is 36.4 Å². The number of aromatic amines is 1. The summed E-state index contributed by atoms with van der Waals surface area (Å²) in [6.07, 6.45) is 1.92. The Morgan fingerprint density at radius 3 is 2.55 bits per heavy atom. The maximum absolute atomic E-state index is 9.40. The van der Waals surface area contributed by atoms with Gasteiger partial charge >= 0.3 is 0 Å². The Morgan fingerprint density at radius 2 is 1.73 bits per heavy atom. The number of aromatic hydroxyl groups is 1. The van der Waals surface area contributed by atoms with Crippen molar-refractivity contribution in [1.29, 1.82) is 0 Å². The summed E-state index contributed by atoms with van der Waals surface area (Å²) in [4.78, 5) is 3.21. The summed E-state index contributed by atoms with van der Waals surface area (Å²) in [5, 5.41) is 19.2. The largest absolute Gasteiger partial charge is 0.508 e. The van der Waals surface area contributed by atoms with E-state index in [1.54, 1.807) is 12.1 Å². The normalized spacial score (nSPS) is 11.1. The first-order valence-corrected chi connectivity index (χ1v) is 6.99. The van der Waals surface area contributed by atoms with Crippen molar-refractivity contribution in [2.24, 2.45) is 7.05 Å². The minimum Gasteiger partial charge on any atom is -0.508 e. The van der Waals surface area contributed by atoms with Crippen molar-refractivity contribution in [1.82, 2.24) is 19.7 Å². The Labute approximate surface area is 126 Å². The van der Waals surface area contributed by atoms with Crippen LogP contribution >= 0.6 is 0 Å². The van der Waals surface area contributed by atoms with E-state index >= 15 is 0 Å². The van der Waals surface area contributed by atoms with Gasteiger partial charge in [0.2, 0.25) is 0 Å². The van der Waals surface area contributed by atoms with E-state index in [4.69, 9.17) is 0 Å². The van der Waals surface area contributed by atoms with Gasteiger partial charge in [-0.2, -0.15) is 0 Å². The van der Waals surface area contributed by atoms with Crippen molar-refractivity contribution in [2.45, 2.75) is 0 Å². The highest BCUT2D eigenvalue weighted by Gasteiger charge is 2.14. The van der Waals surface area contributed by atoms with Gasteiger partial charge in [0.15, 0.2) is 11.6 Å². The van der Waals surface area contributed by atoms with Gasteiger partial charge in [-0.15, -0.1) is 10.2 Å². The second-order valence-corrected chi connectivity index (χ2v) is 5.20. The number of aromatic nitrogens is 4. The molecule has 0 bridgehead atoms. The van der Waals surface area contributed by atoms with Crippen molar-refractivity contribution in [2.75, 3.05) is 0 Å². The summed E-state index contributed by atoms with van der Waals surface area (Å²) in [6.45, 7) is 0. The summed E-state index contributed by atoms with van der Waals surface area (Å²) in [6, 6.07) is 15.1. The smallest absolute Gasteiger partial charge is 0.164 e. The number of hydrogen-bond acceptors (Lipinski definition) is 3. The molecule has 0 amide bonds. The van der Waals surface area contributed by atoms with Crippen LogP contribution in [-0.2, 0) is 7.05 Å². The summed E-state index contributed by atoms with van der Waals surface area (Å²) in [5.41, 5.74) is 3.03. The molecule has 0 fully saturated rings. The molecule has 0 spiro atoms. The zero-order chi connectivity index (χ0) is 15.1. The first-order chi connectivity index (χ1) is 10.7. The number of H-pyrrole nitrogens is 1. The van der Waals surface area contributed by atoms with Crippen molar-refractivity contribution >= 4 is 10.9 Å². The molecule has 2 heterocycles. The molecule has 4 aromatic rings. The summed E-state index contributed by atoms with van der Waals surface area (Å²) in [5.74, 6) is 1.82. The van der Waals surface area contributed by atoms with E-state index in [2.05, 4.69) is 15.2 Å². The Balaban J connectivity index is 1.88. The Morgan fingerprint density at radius 1 is 0.955 bits per heavy atom. The topological polar surface area (TPSA) is 66.7 Å². The van der Waals surface area contributed by atoms with Gasteiger partial charge in [-0.25, -0.2) is 0 Å². The predicted molar refractivity (Wildman–Crippen MR) is 85.4 cm³/mol. The molecule has 4 rings (SSSR count). The molecule has 2 aromatic carbocycles. The van der Waals surface area contributed by atoms with Gasteiger partial charge in [-0.1, -0.05) is 12.1 Å². The first kappa shape index (κ1) is 12.6. The van der Waals surface area contributed by atoms with Crippen molar-refractivity contribution in [3.05, 3.63) is 54.7 Å². The second-order valence-electron chi connectivity index (χ2n) is 5.20. The lowest BCUT2D eigenvalue weighted by Crippen LogP contribution is -1.96. The van der Waals surface area contributed by atoms with E-state index in [1.807, 2.05) is 54.2 Å². The SMILES string of the molecule is Cn1c(-c2ccc(O)cc2)nnc1-c1cccc2[nH]ccc12. The lowest BCUT2D eigenvalue weighted by atomic mass is 10.1. The second kappa shape index (κ2) is 4.73.